The molecule has 9 nitrogen and oxygen atoms in total. The van der Waals surface area contributed by atoms with E-state index in [0.717, 1.165) is 0 Å². The highest BCUT2D eigenvalue weighted by Crippen LogP contribution is 2.11. The van der Waals surface area contributed by atoms with Gasteiger partial charge in [-0.15, -0.1) is 10.2 Å². The van der Waals surface area contributed by atoms with E-state index in [0.29, 0.717) is 24.3 Å². The van der Waals surface area contributed by atoms with E-state index < -0.39 is 0 Å². The van der Waals surface area contributed by atoms with Crippen molar-refractivity contribution < 1.29 is 0 Å². The molecule has 0 aromatic carbocycles. The van der Waals surface area contributed by atoms with Crippen molar-refractivity contribution >= 4 is 23.5 Å². The minimum atomic E-state index is 0.124. The number of nitrogens with zero attached hydrogens (tertiary/aromatic N) is 7. The predicted molar refractivity (Wildman–Crippen MR) is 60.7 cm³/mol. The van der Waals surface area contributed by atoms with Crippen LogP contribution in [0.2, 0.25) is 5.28 Å². The molecule has 0 fully saturated rings. The first-order valence-corrected chi connectivity index (χ1v) is 5.08. The highest BCUT2D eigenvalue weighted by atomic mass is 35.5. The Balaban J connectivity index is 2.10. The fourth-order valence-electron chi connectivity index (χ4n) is 1.03. The van der Waals surface area contributed by atoms with Gasteiger partial charge < -0.3 is 10.2 Å². The summed E-state index contributed by atoms with van der Waals surface area (Å²) in [6.07, 6.45) is 0. The Morgan fingerprint density at radius 1 is 1.29 bits per heavy atom. The summed E-state index contributed by atoms with van der Waals surface area (Å²) in [5, 5.41) is 16.4. The van der Waals surface area contributed by atoms with Gasteiger partial charge in [0.1, 0.15) is 0 Å². The van der Waals surface area contributed by atoms with Crippen LogP contribution in [0.5, 0.6) is 0 Å². The molecule has 0 amide bonds. The third kappa shape index (κ3) is 2.97. The molecule has 2 rings (SSSR count). The van der Waals surface area contributed by atoms with E-state index >= 15 is 0 Å². The van der Waals surface area contributed by atoms with Crippen LogP contribution in [0.25, 0.3) is 0 Å². The average Bonchev–Trinajstić information content (AvgIpc) is 2.78. The van der Waals surface area contributed by atoms with Crippen LogP contribution >= 0.6 is 11.6 Å². The van der Waals surface area contributed by atoms with Gasteiger partial charge in [-0.3, -0.25) is 0 Å². The molecule has 0 saturated heterocycles. The molecule has 2 aromatic heterocycles. The molecule has 0 spiro atoms. The molecule has 0 bridgehead atoms. The lowest BCUT2D eigenvalue weighted by Gasteiger charge is -2.11. The Labute approximate surface area is 102 Å². The number of hydrogen-bond donors (Lipinski definition) is 2. The summed E-state index contributed by atoms with van der Waals surface area (Å²) in [5.41, 5.74) is 0. The molecule has 0 aliphatic carbocycles. The highest BCUT2D eigenvalue weighted by molar-refractivity contribution is 6.28. The lowest BCUT2D eigenvalue weighted by molar-refractivity contribution is 0.881. The van der Waals surface area contributed by atoms with Gasteiger partial charge in [0.25, 0.3) is 0 Å². The number of nitrogens with one attached hydrogen (secondary N) is 2. The summed E-state index contributed by atoms with van der Waals surface area (Å²) >= 11 is 5.78. The number of H-pyrrole nitrogens is 1. The standard InChI is InChI=1S/C7H10ClN9/c1-17(2)7-11-5(8)10-6(12-7)9-3-4-13-15-16-14-4/h3H2,1-2H3,(H,9,10,11,12)(H,13,14,15,16). The lowest BCUT2D eigenvalue weighted by Crippen LogP contribution is -2.15. The number of hydrogen-bond acceptors (Lipinski definition) is 8. The maximum atomic E-state index is 5.78. The second-order valence-electron chi connectivity index (χ2n) is 3.30. The number of tetrazole rings is 1. The minimum Gasteiger partial charge on any atom is -0.347 e. The summed E-state index contributed by atoms with van der Waals surface area (Å²) in [4.78, 5) is 13.8. The number of anilines is 2. The zero-order valence-corrected chi connectivity index (χ0v) is 9.97. The third-order valence-corrected chi connectivity index (χ3v) is 1.96. The van der Waals surface area contributed by atoms with Crippen molar-refractivity contribution in [3.8, 4) is 0 Å². The molecule has 0 atom stereocenters. The van der Waals surface area contributed by atoms with Gasteiger partial charge in [-0.25, -0.2) is 0 Å². The normalized spacial score (nSPS) is 10.3. The van der Waals surface area contributed by atoms with Gasteiger partial charge in [0.05, 0.1) is 6.54 Å². The fourth-order valence-corrected chi connectivity index (χ4v) is 1.19. The Kier molecular flexibility index (Phi) is 3.28. The smallest absolute Gasteiger partial charge is 0.230 e. The summed E-state index contributed by atoms with van der Waals surface area (Å²) in [7, 11) is 3.63. The van der Waals surface area contributed by atoms with E-state index in [1.165, 1.54) is 0 Å². The highest BCUT2D eigenvalue weighted by Gasteiger charge is 2.07. The van der Waals surface area contributed by atoms with Crippen molar-refractivity contribution in [2.24, 2.45) is 0 Å². The molecule has 17 heavy (non-hydrogen) atoms. The van der Waals surface area contributed by atoms with Crippen molar-refractivity contribution in [1.29, 1.82) is 0 Å². The third-order valence-electron chi connectivity index (χ3n) is 1.79. The Morgan fingerprint density at radius 2 is 2.12 bits per heavy atom. The summed E-state index contributed by atoms with van der Waals surface area (Å²) in [6.45, 7) is 0.351. The zero-order valence-electron chi connectivity index (χ0n) is 9.22. The molecular weight excluding hydrogens is 246 g/mol. The van der Waals surface area contributed by atoms with E-state index in [-0.39, 0.29) is 5.28 Å². The molecule has 0 aliphatic heterocycles. The van der Waals surface area contributed by atoms with Crippen LogP contribution in [-0.2, 0) is 6.54 Å². The van der Waals surface area contributed by atoms with Crippen LogP contribution in [0.4, 0.5) is 11.9 Å². The molecule has 0 aliphatic rings. The molecule has 0 saturated carbocycles. The predicted octanol–water partition coefficient (Wildman–Crippen LogP) is -0.284. The number of rotatable bonds is 4. The fraction of sp³-hybridized carbons (Fsp3) is 0.429. The Hall–Kier alpha value is -2.03. The average molecular weight is 256 g/mol. The Morgan fingerprint density at radius 3 is 2.76 bits per heavy atom. The van der Waals surface area contributed by atoms with E-state index in [1.54, 1.807) is 4.90 Å². The summed E-state index contributed by atoms with van der Waals surface area (Å²) in [6, 6.07) is 0. The second-order valence-corrected chi connectivity index (χ2v) is 3.64. The van der Waals surface area contributed by atoms with Crippen molar-refractivity contribution in [2.75, 3.05) is 24.3 Å². The van der Waals surface area contributed by atoms with Gasteiger partial charge in [0.15, 0.2) is 5.82 Å². The van der Waals surface area contributed by atoms with Crippen LogP contribution in [0.15, 0.2) is 0 Å². The van der Waals surface area contributed by atoms with Crippen molar-refractivity contribution in [3.63, 3.8) is 0 Å². The molecule has 0 unspecified atom stereocenters. The van der Waals surface area contributed by atoms with Crippen molar-refractivity contribution in [1.82, 2.24) is 35.6 Å². The van der Waals surface area contributed by atoms with E-state index in [4.69, 9.17) is 11.6 Å². The molecule has 2 aromatic rings. The second kappa shape index (κ2) is 4.87. The van der Waals surface area contributed by atoms with E-state index in [2.05, 4.69) is 40.9 Å². The van der Waals surface area contributed by atoms with Gasteiger partial charge in [0.2, 0.25) is 17.2 Å². The summed E-state index contributed by atoms with van der Waals surface area (Å²) in [5.74, 6) is 1.34. The zero-order chi connectivity index (χ0) is 12.3. The van der Waals surface area contributed by atoms with Crippen molar-refractivity contribution in [3.05, 3.63) is 11.1 Å². The molecule has 2 N–H and O–H groups in total. The van der Waals surface area contributed by atoms with Crippen LogP contribution < -0.4 is 10.2 Å². The van der Waals surface area contributed by atoms with Crippen LogP contribution in [0.1, 0.15) is 5.82 Å². The quantitative estimate of drug-likeness (QED) is 0.768. The van der Waals surface area contributed by atoms with Crippen molar-refractivity contribution in [2.45, 2.75) is 6.54 Å². The molecule has 2 heterocycles. The van der Waals surface area contributed by atoms with Gasteiger partial charge in [0, 0.05) is 14.1 Å². The SMILES string of the molecule is CN(C)c1nc(Cl)nc(NCc2nn[nH]n2)n1. The summed E-state index contributed by atoms with van der Waals surface area (Å²) < 4.78 is 0. The topological polar surface area (TPSA) is 108 Å². The van der Waals surface area contributed by atoms with E-state index in [9.17, 15) is 0 Å². The molecular formula is C7H10ClN9. The Bertz CT molecular complexity index is 482. The van der Waals surface area contributed by atoms with Crippen LogP contribution in [0.3, 0.4) is 0 Å². The van der Waals surface area contributed by atoms with Gasteiger partial charge in [-0.05, 0) is 11.6 Å². The van der Waals surface area contributed by atoms with E-state index in [1.807, 2.05) is 14.1 Å². The van der Waals surface area contributed by atoms with Crippen LogP contribution in [0, 0.1) is 0 Å². The maximum absolute atomic E-state index is 5.78. The van der Waals surface area contributed by atoms with Gasteiger partial charge >= 0.3 is 0 Å². The van der Waals surface area contributed by atoms with Gasteiger partial charge in [-0.1, -0.05) is 5.21 Å². The first-order chi connectivity index (χ1) is 8.15. The molecule has 90 valence electrons. The lowest BCUT2D eigenvalue weighted by atomic mass is 10.6. The molecule has 10 heteroatoms. The molecule has 0 radical (unpaired) electrons. The number of halogens is 1. The maximum Gasteiger partial charge on any atom is 0.230 e. The largest absolute Gasteiger partial charge is 0.347 e. The van der Waals surface area contributed by atoms with Gasteiger partial charge in [-0.2, -0.15) is 20.2 Å². The number of aromatic nitrogens is 7. The van der Waals surface area contributed by atoms with Crippen LogP contribution in [-0.4, -0.2) is 49.7 Å². The minimum absolute atomic E-state index is 0.124. The number of aromatic amines is 1. The monoisotopic (exact) mass is 255 g/mol. The first kappa shape index (κ1) is 11.5. The first-order valence-electron chi connectivity index (χ1n) is 4.70.